The van der Waals surface area contributed by atoms with Gasteiger partial charge in [0.15, 0.2) is 0 Å². The van der Waals surface area contributed by atoms with E-state index in [0.29, 0.717) is 5.17 Å². The fourth-order valence-corrected chi connectivity index (χ4v) is 1.88. The van der Waals surface area contributed by atoms with E-state index in [-0.39, 0.29) is 0 Å². The Labute approximate surface area is 107 Å². The Hall–Kier alpha value is -0.740. The van der Waals surface area contributed by atoms with Crippen molar-refractivity contribution in [2.45, 2.75) is 12.8 Å². The summed E-state index contributed by atoms with van der Waals surface area (Å²) < 4.78 is 5.44. The molecule has 0 amide bonds. The number of para-hydroxylation sites is 1. The third kappa shape index (κ3) is 5.98. The minimum atomic E-state index is 0.454. The molecule has 1 aromatic rings. The highest BCUT2D eigenvalue weighted by Crippen LogP contribution is 2.08. The van der Waals surface area contributed by atoms with Crippen molar-refractivity contribution < 1.29 is 4.74 Å². The standard InChI is InChI=1S/C12H17NOS2/c1-16-10-6-5-9-13-12(15)14-11-7-3-2-4-8-11/h2-4,7-8H,5-6,9-10H2,1H3,(H,13,15). The van der Waals surface area contributed by atoms with Crippen LogP contribution in [0.4, 0.5) is 0 Å². The molecule has 0 heterocycles. The van der Waals surface area contributed by atoms with E-state index in [2.05, 4.69) is 11.6 Å². The van der Waals surface area contributed by atoms with Crippen LogP contribution in [0.1, 0.15) is 12.8 Å². The molecule has 0 bridgehead atoms. The second kappa shape index (κ2) is 8.42. The first-order valence-corrected chi connectivity index (χ1v) is 7.13. The number of rotatable bonds is 6. The molecule has 1 N–H and O–H groups in total. The molecular formula is C12H17NOS2. The van der Waals surface area contributed by atoms with Crippen molar-refractivity contribution in [1.82, 2.24) is 5.32 Å². The molecule has 4 heteroatoms. The van der Waals surface area contributed by atoms with Crippen molar-refractivity contribution in [3.63, 3.8) is 0 Å². The Morgan fingerprint density at radius 2 is 2.06 bits per heavy atom. The van der Waals surface area contributed by atoms with Gasteiger partial charge in [-0.2, -0.15) is 11.8 Å². The second-order valence-corrected chi connectivity index (χ2v) is 4.69. The maximum absolute atomic E-state index is 5.44. The van der Waals surface area contributed by atoms with Gasteiger partial charge in [-0.3, -0.25) is 0 Å². The minimum absolute atomic E-state index is 0.454. The fraction of sp³-hybridized carbons (Fsp3) is 0.417. The largest absolute Gasteiger partial charge is 0.432 e. The van der Waals surface area contributed by atoms with Gasteiger partial charge in [0.2, 0.25) is 0 Å². The molecule has 0 fully saturated rings. The molecule has 16 heavy (non-hydrogen) atoms. The van der Waals surface area contributed by atoms with Gasteiger partial charge >= 0.3 is 0 Å². The van der Waals surface area contributed by atoms with Crippen LogP contribution in [0.25, 0.3) is 0 Å². The Kier molecular flexibility index (Phi) is 7.01. The highest BCUT2D eigenvalue weighted by atomic mass is 32.2. The molecule has 0 saturated carbocycles. The van der Waals surface area contributed by atoms with Crippen LogP contribution in [0.3, 0.4) is 0 Å². The number of hydrogen-bond donors (Lipinski definition) is 1. The molecule has 0 aliphatic carbocycles. The smallest absolute Gasteiger partial charge is 0.262 e. The summed E-state index contributed by atoms with van der Waals surface area (Å²) in [6.07, 6.45) is 4.46. The SMILES string of the molecule is CSCCCCNC(=S)Oc1ccccc1. The van der Waals surface area contributed by atoms with E-state index in [1.807, 2.05) is 42.1 Å². The average Bonchev–Trinajstić information content (AvgIpc) is 2.30. The molecule has 0 atom stereocenters. The van der Waals surface area contributed by atoms with Crippen molar-refractivity contribution in [3.05, 3.63) is 30.3 Å². The number of nitrogens with one attached hydrogen (secondary N) is 1. The molecule has 0 unspecified atom stereocenters. The lowest BCUT2D eigenvalue weighted by atomic mass is 10.3. The molecule has 1 rings (SSSR count). The molecule has 0 aromatic heterocycles. The minimum Gasteiger partial charge on any atom is -0.432 e. The normalized spacial score (nSPS) is 9.81. The van der Waals surface area contributed by atoms with Gasteiger partial charge in [-0.1, -0.05) is 18.2 Å². The third-order valence-corrected chi connectivity index (χ3v) is 2.92. The lowest BCUT2D eigenvalue weighted by molar-refractivity contribution is 0.529. The molecule has 2 nitrogen and oxygen atoms in total. The van der Waals surface area contributed by atoms with Crippen LogP contribution in [0, 0.1) is 0 Å². The van der Waals surface area contributed by atoms with Crippen molar-refractivity contribution in [3.8, 4) is 5.75 Å². The van der Waals surface area contributed by atoms with Gasteiger partial charge in [-0.15, -0.1) is 0 Å². The Balaban J connectivity index is 2.12. The molecule has 88 valence electrons. The molecular weight excluding hydrogens is 238 g/mol. The molecule has 1 aromatic carbocycles. The van der Waals surface area contributed by atoms with Gasteiger partial charge in [0.25, 0.3) is 5.17 Å². The van der Waals surface area contributed by atoms with Crippen LogP contribution in [0.2, 0.25) is 0 Å². The maximum atomic E-state index is 5.44. The number of thioether (sulfide) groups is 1. The van der Waals surface area contributed by atoms with Gasteiger partial charge in [0, 0.05) is 6.54 Å². The van der Waals surface area contributed by atoms with E-state index in [4.69, 9.17) is 17.0 Å². The van der Waals surface area contributed by atoms with Gasteiger partial charge < -0.3 is 10.1 Å². The summed E-state index contributed by atoms with van der Waals surface area (Å²) in [5.74, 6) is 1.98. The van der Waals surface area contributed by atoms with Gasteiger partial charge in [-0.25, -0.2) is 0 Å². The maximum Gasteiger partial charge on any atom is 0.262 e. The average molecular weight is 255 g/mol. The third-order valence-electron chi connectivity index (χ3n) is 2.00. The van der Waals surface area contributed by atoms with Crippen molar-refractivity contribution in [2.75, 3.05) is 18.6 Å². The second-order valence-electron chi connectivity index (χ2n) is 3.33. The highest BCUT2D eigenvalue weighted by molar-refractivity contribution is 7.98. The van der Waals surface area contributed by atoms with E-state index in [1.165, 1.54) is 12.2 Å². The van der Waals surface area contributed by atoms with Gasteiger partial charge in [-0.05, 0) is 49.2 Å². The Morgan fingerprint density at radius 3 is 2.75 bits per heavy atom. The van der Waals surface area contributed by atoms with E-state index in [9.17, 15) is 0 Å². The van der Waals surface area contributed by atoms with Crippen LogP contribution in [0.15, 0.2) is 30.3 Å². The number of ether oxygens (including phenoxy) is 1. The predicted octanol–water partition coefficient (Wildman–Crippen LogP) is 3.08. The number of unbranched alkanes of at least 4 members (excludes halogenated alkanes) is 1. The topological polar surface area (TPSA) is 21.3 Å². The number of thiocarbonyl (C=S) groups is 1. The Bertz CT molecular complexity index is 303. The first-order valence-electron chi connectivity index (χ1n) is 5.32. The van der Waals surface area contributed by atoms with E-state index >= 15 is 0 Å². The van der Waals surface area contributed by atoms with Crippen molar-refractivity contribution >= 4 is 29.2 Å². The zero-order chi connectivity index (χ0) is 11.6. The number of benzene rings is 1. The van der Waals surface area contributed by atoms with E-state index in [0.717, 1.165) is 18.7 Å². The van der Waals surface area contributed by atoms with E-state index < -0.39 is 0 Å². The van der Waals surface area contributed by atoms with Crippen molar-refractivity contribution in [2.24, 2.45) is 0 Å². The molecule has 0 spiro atoms. The molecule has 0 saturated heterocycles. The molecule has 0 aliphatic heterocycles. The predicted molar refractivity (Wildman–Crippen MR) is 75.3 cm³/mol. The van der Waals surface area contributed by atoms with Crippen molar-refractivity contribution in [1.29, 1.82) is 0 Å². The summed E-state index contributed by atoms with van der Waals surface area (Å²) in [6.45, 7) is 0.881. The van der Waals surface area contributed by atoms with Crippen LogP contribution in [-0.2, 0) is 0 Å². The lowest BCUT2D eigenvalue weighted by Gasteiger charge is -2.08. The van der Waals surface area contributed by atoms with Crippen LogP contribution >= 0.6 is 24.0 Å². The summed E-state index contributed by atoms with van der Waals surface area (Å²) in [5, 5.41) is 3.54. The lowest BCUT2D eigenvalue weighted by Crippen LogP contribution is -2.27. The fourth-order valence-electron chi connectivity index (χ4n) is 1.19. The van der Waals surface area contributed by atoms with Crippen LogP contribution in [-0.4, -0.2) is 23.7 Å². The summed E-state index contributed by atoms with van der Waals surface area (Å²) in [4.78, 5) is 0. The monoisotopic (exact) mass is 255 g/mol. The van der Waals surface area contributed by atoms with Gasteiger partial charge in [0.05, 0.1) is 0 Å². The first-order chi connectivity index (χ1) is 7.83. The number of hydrogen-bond acceptors (Lipinski definition) is 3. The Morgan fingerprint density at radius 1 is 1.31 bits per heavy atom. The molecule has 0 radical (unpaired) electrons. The van der Waals surface area contributed by atoms with Crippen LogP contribution in [0.5, 0.6) is 5.75 Å². The first kappa shape index (κ1) is 13.3. The van der Waals surface area contributed by atoms with Gasteiger partial charge in [0.1, 0.15) is 5.75 Å². The zero-order valence-electron chi connectivity index (χ0n) is 9.44. The summed E-state index contributed by atoms with van der Waals surface area (Å²) in [7, 11) is 0. The zero-order valence-corrected chi connectivity index (χ0v) is 11.1. The summed E-state index contributed by atoms with van der Waals surface area (Å²) in [5.41, 5.74) is 0. The highest BCUT2D eigenvalue weighted by Gasteiger charge is 1.97. The summed E-state index contributed by atoms with van der Waals surface area (Å²) >= 11 is 6.95. The van der Waals surface area contributed by atoms with Crippen LogP contribution < -0.4 is 10.1 Å². The summed E-state index contributed by atoms with van der Waals surface area (Å²) in [6, 6.07) is 9.59. The molecule has 0 aliphatic rings. The quantitative estimate of drug-likeness (QED) is 0.622. The van der Waals surface area contributed by atoms with E-state index in [1.54, 1.807) is 0 Å².